The first kappa shape index (κ1) is 10.9. The fourth-order valence-corrected chi connectivity index (χ4v) is 2.99. The van der Waals surface area contributed by atoms with Crippen LogP contribution in [0, 0.1) is 5.82 Å². The normalized spacial score (nSPS) is 19.7. The molecular formula is C13H13FN2S. The van der Waals surface area contributed by atoms with Gasteiger partial charge in [-0.05, 0) is 43.7 Å². The molecule has 88 valence electrons. The highest BCUT2D eigenvalue weighted by atomic mass is 32.1. The maximum Gasteiger partial charge on any atom is 0.123 e. The van der Waals surface area contributed by atoms with E-state index < -0.39 is 0 Å². The zero-order chi connectivity index (χ0) is 11.7. The van der Waals surface area contributed by atoms with Gasteiger partial charge in [-0.15, -0.1) is 11.3 Å². The Kier molecular flexibility index (Phi) is 2.91. The lowest BCUT2D eigenvalue weighted by Gasteiger charge is -2.04. The summed E-state index contributed by atoms with van der Waals surface area (Å²) in [6.45, 7) is 1.08. The van der Waals surface area contributed by atoms with Crippen molar-refractivity contribution in [3.05, 3.63) is 41.2 Å². The van der Waals surface area contributed by atoms with Gasteiger partial charge in [-0.3, -0.25) is 0 Å². The van der Waals surface area contributed by atoms with Crippen LogP contribution in [0.3, 0.4) is 0 Å². The lowest BCUT2D eigenvalue weighted by molar-refractivity contribution is 0.627. The molecule has 1 aromatic carbocycles. The molecule has 1 aliphatic heterocycles. The first-order valence-electron chi connectivity index (χ1n) is 5.78. The van der Waals surface area contributed by atoms with Gasteiger partial charge in [0.2, 0.25) is 0 Å². The molecule has 0 radical (unpaired) electrons. The predicted molar refractivity (Wildman–Crippen MR) is 67.5 cm³/mol. The molecule has 1 aliphatic rings. The van der Waals surface area contributed by atoms with E-state index in [1.807, 2.05) is 0 Å². The molecule has 0 bridgehead atoms. The second-order valence-electron chi connectivity index (χ2n) is 4.23. The zero-order valence-electron chi connectivity index (χ0n) is 9.32. The molecule has 1 fully saturated rings. The number of nitrogens with zero attached hydrogens (tertiary/aromatic N) is 1. The van der Waals surface area contributed by atoms with Crippen molar-refractivity contribution in [1.29, 1.82) is 0 Å². The Hall–Kier alpha value is -1.26. The molecule has 4 heteroatoms. The van der Waals surface area contributed by atoms with Crippen molar-refractivity contribution in [2.75, 3.05) is 6.54 Å². The molecule has 0 saturated carbocycles. The smallest absolute Gasteiger partial charge is 0.123 e. The Morgan fingerprint density at radius 3 is 2.82 bits per heavy atom. The Labute approximate surface area is 104 Å². The number of halogens is 1. The maximum atomic E-state index is 12.8. The number of thiazole rings is 1. The average Bonchev–Trinajstić information content (AvgIpc) is 3.00. The van der Waals surface area contributed by atoms with Crippen LogP contribution in [0.25, 0.3) is 10.6 Å². The van der Waals surface area contributed by atoms with E-state index in [4.69, 9.17) is 0 Å². The van der Waals surface area contributed by atoms with Gasteiger partial charge in [0.15, 0.2) is 0 Å². The molecule has 0 amide bonds. The van der Waals surface area contributed by atoms with E-state index in [-0.39, 0.29) is 5.82 Å². The van der Waals surface area contributed by atoms with E-state index in [0.29, 0.717) is 6.04 Å². The summed E-state index contributed by atoms with van der Waals surface area (Å²) in [5.74, 6) is -0.206. The van der Waals surface area contributed by atoms with Crippen molar-refractivity contribution >= 4 is 11.3 Å². The van der Waals surface area contributed by atoms with Crippen molar-refractivity contribution in [2.45, 2.75) is 18.9 Å². The lowest BCUT2D eigenvalue weighted by atomic mass is 10.2. The van der Waals surface area contributed by atoms with Crippen molar-refractivity contribution in [3.63, 3.8) is 0 Å². The quantitative estimate of drug-likeness (QED) is 0.881. The zero-order valence-corrected chi connectivity index (χ0v) is 10.1. The number of benzene rings is 1. The van der Waals surface area contributed by atoms with Crippen molar-refractivity contribution in [1.82, 2.24) is 10.3 Å². The molecule has 17 heavy (non-hydrogen) atoms. The summed E-state index contributed by atoms with van der Waals surface area (Å²) in [4.78, 5) is 4.63. The van der Waals surface area contributed by atoms with Crippen LogP contribution in [0.2, 0.25) is 0 Å². The van der Waals surface area contributed by atoms with E-state index in [9.17, 15) is 4.39 Å². The Morgan fingerprint density at radius 1 is 1.29 bits per heavy atom. The van der Waals surface area contributed by atoms with E-state index >= 15 is 0 Å². The van der Waals surface area contributed by atoms with Gasteiger partial charge in [0, 0.05) is 10.9 Å². The maximum absolute atomic E-state index is 12.8. The lowest BCUT2D eigenvalue weighted by Crippen LogP contribution is -2.12. The van der Waals surface area contributed by atoms with Gasteiger partial charge < -0.3 is 5.32 Å². The third-order valence-electron chi connectivity index (χ3n) is 3.03. The van der Waals surface area contributed by atoms with Gasteiger partial charge >= 0.3 is 0 Å². The van der Waals surface area contributed by atoms with Crippen LogP contribution < -0.4 is 5.32 Å². The van der Waals surface area contributed by atoms with E-state index in [0.717, 1.165) is 29.2 Å². The monoisotopic (exact) mass is 248 g/mol. The van der Waals surface area contributed by atoms with Crippen molar-refractivity contribution < 1.29 is 4.39 Å². The molecule has 1 atom stereocenters. The highest BCUT2D eigenvalue weighted by Gasteiger charge is 2.19. The summed E-state index contributed by atoms with van der Waals surface area (Å²) < 4.78 is 12.8. The van der Waals surface area contributed by atoms with Gasteiger partial charge in [-0.25, -0.2) is 9.37 Å². The Morgan fingerprint density at radius 2 is 2.12 bits per heavy atom. The van der Waals surface area contributed by atoms with Crippen LogP contribution in [0.5, 0.6) is 0 Å². The van der Waals surface area contributed by atoms with E-state index in [2.05, 4.69) is 15.7 Å². The van der Waals surface area contributed by atoms with Gasteiger partial charge in [-0.2, -0.15) is 0 Å². The number of nitrogens with one attached hydrogen (secondary N) is 1. The molecule has 2 heterocycles. The predicted octanol–water partition coefficient (Wildman–Crippen LogP) is 3.37. The SMILES string of the molecule is Fc1ccc(-c2nc(C3CCCN3)cs2)cc1. The van der Waals surface area contributed by atoms with Crippen LogP contribution in [0.1, 0.15) is 24.6 Å². The summed E-state index contributed by atoms with van der Waals surface area (Å²) in [6, 6.07) is 6.91. The first-order chi connectivity index (χ1) is 8.33. The van der Waals surface area contributed by atoms with Crippen molar-refractivity contribution in [2.24, 2.45) is 0 Å². The highest BCUT2D eigenvalue weighted by molar-refractivity contribution is 7.13. The van der Waals surface area contributed by atoms with Gasteiger partial charge in [0.25, 0.3) is 0 Å². The van der Waals surface area contributed by atoms with Gasteiger partial charge in [-0.1, -0.05) is 0 Å². The summed E-state index contributed by atoms with van der Waals surface area (Å²) >= 11 is 1.62. The molecule has 0 spiro atoms. The van der Waals surface area contributed by atoms with Crippen LogP contribution in [0.4, 0.5) is 4.39 Å². The molecule has 2 aromatic rings. The number of rotatable bonds is 2. The van der Waals surface area contributed by atoms with Crippen LogP contribution >= 0.6 is 11.3 Å². The molecular weight excluding hydrogens is 235 g/mol. The first-order valence-corrected chi connectivity index (χ1v) is 6.65. The fourth-order valence-electron chi connectivity index (χ4n) is 2.11. The minimum atomic E-state index is -0.206. The third-order valence-corrected chi connectivity index (χ3v) is 3.94. The number of hydrogen-bond acceptors (Lipinski definition) is 3. The standard InChI is InChI=1S/C13H13FN2S/c14-10-5-3-9(4-6-10)13-16-12(8-17-13)11-2-1-7-15-11/h3-6,8,11,15H,1-2,7H2. The number of hydrogen-bond donors (Lipinski definition) is 1. The Balaban J connectivity index is 1.86. The molecule has 1 unspecified atom stereocenters. The average molecular weight is 248 g/mol. The fraction of sp³-hybridized carbons (Fsp3) is 0.308. The van der Waals surface area contributed by atoms with E-state index in [1.165, 1.54) is 18.6 Å². The largest absolute Gasteiger partial charge is 0.309 e. The molecule has 0 aliphatic carbocycles. The summed E-state index contributed by atoms with van der Waals surface area (Å²) in [7, 11) is 0. The summed E-state index contributed by atoms with van der Waals surface area (Å²) in [5, 5.41) is 6.50. The second-order valence-corrected chi connectivity index (χ2v) is 5.09. The van der Waals surface area contributed by atoms with Crippen LogP contribution in [-0.4, -0.2) is 11.5 Å². The van der Waals surface area contributed by atoms with Gasteiger partial charge in [0.05, 0.1) is 11.7 Å². The summed E-state index contributed by atoms with van der Waals surface area (Å²) in [6.07, 6.45) is 2.38. The molecule has 1 N–H and O–H groups in total. The molecule has 3 rings (SSSR count). The third kappa shape index (κ3) is 2.23. The molecule has 1 aromatic heterocycles. The topological polar surface area (TPSA) is 24.9 Å². The summed E-state index contributed by atoms with van der Waals surface area (Å²) in [5.41, 5.74) is 2.10. The van der Waals surface area contributed by atoms with Crippen LogP contribution in [-0.2, 0) is 0 Å². The van der Waals surface area contributed by atoms with Gasteiger partial charge in [0.1, 0.15) is 10.8 Å². The van der Waals surface area contributed by atoms with E-state index in [1.54, 1.807) is 23.5 Å². The highest BCUT2D eigenvalue weighted by Crippen LogP contribution is 2.29. The van der Waals surface area contributed by atoms with Crippen LogP contribution in [0.15, 0.2) is 29.6 Å². The minimum Gasteiger partial charge on any atom is -0.309 e. The minimum absolute atomic E-state index is 0.206. The number of aromatic nitrogens is 1. The Bertz CT molecular complexity index is 500. The molecule has 1 saturated heterocycles. The van der Waals surface area contributed by atoms with Crippen molar-refractivity contribution in [3.8, 4) is 10.6 Å². The second kappa shape index (κ2) is 4.55. The molecule has 2 nitrogen and oxygen atoms in total.